The number of methoxy groups -OCH3 is 1. The molecule has 4 nitrogen and oxygen atoms in total. The third kappa shape index (κ3) is 3.62. The lowest BCUT2D eigenvalue weighted by molar-refractivity contribution is 0.415. The van der Waals surface area contributed by atoms with E-state index < -0.39 is 0 Å². The van der Waals surface area contributed by atoms with Crippen LogP contribution in [0.3, 0.4) is 0 Å². The molecule has 1 rings (SSSR count). The van der Waals surface area contributed by atoms with Gasteiger partial charge in [-0.15, -0.1) is 0 Å². The van der Waals surface area contributed by atoms with Crippen molar-refractivity contribution in [1.29, 1.82) is 0 Å². The van der Waals surface area contributed by atoms with E-state index in [2.05, 4.69) is 36.9 Å². The largest absolute Gasteiger partial charge is 0.497 e. The van der Waals surface area contributed by atoms with Crippen molar-refractivity contribution in [2.45, 2.75) is 26.3 Å². The van der Waals surface area contributed by atoms with E-state index in [-0.39, 0.29) is 5.54 Å². The minimum atomic E-state index is 0.0265. The zero-order valence-electron chi connectivity index (χ0n) is 10.6. The summed E-state index contributed by atoms with van der Waals surface area (Å²) in [5.74, 6) is 0.831. The molecule has 0 aliphatic rings. The molecule has 0 amide bonds. The van der Waals surface area contributed by atoms with Gasteiger partial charge in [0.1, 0.15) is 5.75 Å². The van der Waals surface area contributed by atoms with Gasteiger partial charge >= 0.3 is 0 Å². The van der Waals surface area contributed by atoms with Crippen LogP contribution in [0.1, 0.15) is 20.8 Å². The molecule has 0 radical (unpaired) electrons. The summed E-state index contributed by atoms with van der Waals surface area (Å²) in [4.78, 5) is 0. The fraction of sp³-hybridized carbons (Fsp3) is 0.500. The van der Waals surface area contributed by atoms with Crippen LogP contribution in [0.5, 0.6) is 5.75 Å². The zero-order chi connectivity index (χ0) is 12.2. The molecule has 4 heteroatoms. The van der Waals surface area contributed by atoms with Crippen molar-refractivity contribution in [2.24, 2.45) is 0 Å². The second-order valence-corrected chi connectivity index (χ2v) is 4.66. The summed E-state index contributed by atoms with van der Waals surface area (Å²) in [6, 6.07) is 5.89. The van der Waals surface area contributed by atoms with Gasteiger partial charge in [0.05, 0.1) is 18.5 Å². The van der Waals surface area contributed by atoms with Crippen molar-refractivity contribution in [2.75, 3.05) is 24.9 Å². The highest BCUT2D eigenvalue weighted by Gasteiger charge is 2.12. The smallest absolute Gasteiger partial charge is 0.121 e. The van der Waals surface area contributed by atoms with Crippen LogP contribution in [0, 0.1) is 0 Å². The highest BCUT2D eigenvalue weighted by atomic mass is 16.5. The molecule has 0 saturated carbocycles. The topological polar surface area (TPSA) is 45.3 Å². The third-order valence-electron chi connectivity index (χ3n) is 2.00. The van der Waals surface area contributed by atoms with Crippen molar-refractivity contribution in [3.05, 3.63) is 18.2 Å². The molecule has 1 aromatic carbocycles. The molecule has 90 valence electrons. The summed E-state index contributed by atoms with van der Waals surface area (Å²) in [7, 11) is 3.50. The van der Waals surface area contributed by atoms with Gasteiger partial charge in [-0.3, -0.25) is 0 Å². The number of hydrogen-bond acceptors (Lipinski definition) is 4. The SMILES string of the molecule is CNNc1cc(OC)ccc1NC(C)(C)C. The molecule has 0 aliphatic heterocycles. The molecule has 16 heavy (non-hydrogen) atoms. The minimum absolute atomic E-state index is 0.0265. The summed E-state index contributed by atoms with van der Waals surface area (Å²) in [6.45, 7) is 6.38. The van der Waals surface area contributed by atoms with Crippen LogP contribution >= 0.6 is 0 Å². The predicted octanol–water partition coefficient (Wildman–Crippen LogP) is 2.45. The molecule has 0 aliphatic carbocycles. The number of hydrogen-bond donors (Lipinski definition) is 3. The second-order valence-electron chi connectivity index (χ2n) is 4.66. The van der Waals surface area contributed by atoms with Crippen molar-refractivity contribution < 1.29 is 4.74 Å². The lowest BCUT2D eigenvalue weighted by Crippen LogP contribution is -2.27. The van der Waals surface area contributed by atoms with Gasteiger partial charge < -0.3 is 15.5 Å². The maximum Gasteiger partial charge on any atom is 0.121 e. The molecule has 0 saturated heterocycles. The summed E-state index contributed by atoms with van der Waals surface area (Å²) in [5, 5.41) is 3.43. The Bertz CT molecular complexity index is 345. The van der Waals surface area contributed by atoms with E-state index in [9.17, 15) is 0 Å². The molecule has 0 bridgehead atoms. The highest BCUT2D eigenvalue weighted by Crippen LogP contribution is 2.28. The van der Waals surface area contributed by atoms with Gasteiger partial charge in [-0.05, 0) is 32.9 Å². The van der Waals surface area contributed by atoms with Gasteiger partial charge in [0.2, 0.25) is 0 Å². The Hall–Kier alpha value is -1.42. The third-order valence-corrected chi connectivity index (χ3v) is 2.00. The first-order valence-electron chi connectivity index (χ1n) is 5.35. The Labute approximate surface area is 97.4 Å². The van der Waals surface area contributed by atoms with E-state index in [0.717, 1.165) is 17.1 Å². The number of ether oxygens (including phenoxy) is 1. The first kappa shape index (κ1) is 12.6. The Morgan fingerprint density at radius 2 is 1.81 bits per heavy atom. The number of hydrazine groups is 1. The maximum atomic E-state index is 5.19. The predicted molar refractivity (Wildman–Crippen MR) is 69.1 cm³/mol. The van der Waals surface area contributed by atoms with Crippen LogP contribution in [0.15, 0.2) is 18.2 Å². The molecule has 0 atom stereocenters. The summed E-state index contributed by atoms with van der Waals surface area (Å²) >= 11 is 0. The molecule has 0 aromatic heterocycles. The van der Waals surface area contributed by atoms with Crippen LogP contribution in [0.2, 0.25) is 0 Å². The van der Waals surface area contributed by atoms with Crippen molar-refractivity contribution in [3.8, 4) is 5.75 Å². The quantitative estimate of drug-likeness (QED) is 0.686. The fourth-order valence-corrected chi connectivity index (χ4v) is 1.40. The molecule has 0 fully saturated rings. The number of rotatable bonds is 4. The van der Waals surface area contributed by atoms with Crippen LogP contribution in [-0.2, 0) is 0 Å². The van der Waals surface area contributed by atoms with Crippen molar-refractivity contribution >= 4 is 11.4 Å². The van der Waals surface area contributed by atoms with Gasteiger partial charge in [-0.25, -0.2) is 5.43 Å². The zero-order valence-corrected chi connectivity index (χ0v) is 10.6. The Balaban J connectivity index is 2.98. The van der Waals surface area contributed by atoms with E-state index in [1.165, 1.54) is 0 Å². The maximum absolute atomic E-state index is 5.19. The van der Waals surface area contributed by atoms with Gasteiger partial charge in [-0.2, -0.15) is 0 Å². The molecule has 0 spiro atoms. The average molecular weight is 223 g/mol. The lowest BCUT2D eigenvalue weighted by atomic mass is 10.1. The first-order valence-corrected chi connectivity index (χ1v) is 5.35. The van der Waals surface area contributed by atoms with E-state index >= 15 is 0 Å². The van der Waals surface area contributed by atoms with E-state index in [0.29, 0.717) is 0 Å². The standard InChI is InChI=1S/C12H21N3O/c1-12(2,3)14-10-7-6-9(16-5)8-11(10)15-13-4/h6-8,13-15H,1-5H3. The fourth-order valence-electron chi connectivity index (χ4n) is 1.40. The Kier molecular flexibility index (Phi) is 4.01. The molecule has 0 heterocycles. The minimum Gasteiger partial charge on any atom is -0.497 e. The molecular weight excluding hydrogens is 202 g/mol. The number of nitrogens with one attached hydrogen (secondary N) is 3. The van der Waals surface area contributed by atoms with Crippen LogP contribution in [0.4, 0.5) is 11.4 Å². The highest BCUT2D eigenvalue weighted by molar-refractivity contribution is 5.71. The van der Waals surface area contributed by atoms with Gasteiger partial charge in [-0.1, -0.05) is 0 Å². The first-order chi connectivity index (χ1) is 7.46. The van der Waals surface area contributed by atoms with Gasteiger partial charge in [0, 0.05) is 18.7 Å². The summed E-state index contributed by atoms with van der Waals surface area (Å²) < 4.78 is 5.19. The monoisotopic (exact) mass is 223 g/mol. The normalized spacial score (nSPS) is 11.1. The van der Waals surface area contributed by atoms with E-state index in [4.69, 9.17) is 4.74 Å². The average Bonchev–Trinajstić information content (AvgIpc) is 2.19. The summed E-state index contributed by atoms with van der Waals surface area (Å²) in [6.07, 6.45) is 0. The number of anilines is 2. The van der Waals surface area contributed by atoms with Gasteiger partial charge in [0.15, 0.2) is 0 Å². The van der Waals surface area contributed by atoms with Crippen molar-refractivity contribution in [1.82, 2.24) is 5.43 Å². The Morgan fingerprint density at radius 1 is 1.12 bits per heavy atom. The van der Waals surface area contributed by atoms with E-state index in [1.54, 1.807) is 7.11 Å². The van der Waals surface area contributed by atoms with Crippen LogP contribution in [-0.4, -0.2) is 19.7 Å². The van der Waals surface area contributed by atoms with Crippen molar-refractivity contribution in [3.63, 3.8) is 0 Å². The molecule has 0 unspecified atom stereocenters. The summed E-state index contributed by atoms with van der Waals surface area (Å²) in [5.41, 5.74) is 8.04. The lowest BCUT2D eigenvalue weighted by Gasteiger charge is -2.24. The van der Waals surface area contributed by atoms with Crippen LogP contribution < -0.4 is 20.9 Å². The molecular formula is C12H21N3O. The van der Waals surface area contributed by atoms with Gasteiger partial charge in [0.25, 0.3) is 0 Å². The molecule has 3 N–H and O–H groups in total. The Morgan fingerprint density at radius 3 is 2.31 bits per heavy atom. The molecule has 1 aromatic rings. The van der Waals surface area contributed by atoms with Crippen LogP contribution in [0.25, 0.3) is 0 Å². The van der Waals surface area contributed by atoms with E-state index in [1.807, 2.05) is 25.2 Å². The second kappa shape index (κ2) is 5.07. The number of benzene rings is 1.